The Morgan fingerprint density at radius 3 is 1.64 bits per heavy atom. The molecule has 0 bridgehead atoms. The number of imide groups is 1. The van der Waals surface area contributed by atoms with E-state index in [0.717, 1.165) is 53.4 Å². The molecule has 85 heavy (non-hydrogen) atoms. The Morgan fingerprint density at radius 1 is 0.718 bits per heavy atom. The molecule has 1 saturated heterocycles. The fourth-order valence-corrected chi connectivity index (χ4v) is 10.5. The van der Waals surface area contributed by atoms with Crippen LogP contribution in [0.15, 0.2) is 161 Å². The van der Waals surface area contributed by atoms with Crippen molar-refractivity contribution in [3.05, 3.63) is 212 Å². The standard InChI is InChI=1S/C24H22N2O4S.C22H20N2O5.C12H12ClNS.CH2O3.4CH4.2Cs.H/c1-15-3-5-18(6-4-15)24-25-16(2)22(31-24)14-29-19-9-7-17(8-10-19)20(13-23(27)28)21-11-12-30-26-21;25-18-8-6-16(7-9-18)19(20-10-11-29-23-20)13-21(26)24-17(14-28-22(24)27)12-15-4-2-1-3-5-15;1-8-3-5-10(6-4-8)12-14-9(2)11(7-13)15-12;2-1-4-3;;;;;;;/h3-12,20H,13-14H2,1-2H3,(H,27,28);1-11,17,19,25H,12-14H2;3-6H,7H2,1-2H3;1,3H;4*1H4;;;/q;;;;;;;;2*+1;-1/p-1/t20-;17-,19-;;;;;;;;;/m00........./s1. The first-order chi connectivity index (χ1) is 38.2. The number of alkyl halides is 1. The number of benzene rings is 5. The minimum atomic E-state index is -0.890. The first-order valence-electron chi connectivity index (χ1n) is 24.6. The van der Waals surface area contributed by atoms with Crippen molar-refractivity contribution < 1.29 is 197 Å². The summed E-state index contributed by atoms with van der Waals surface area (Å²) < 4.78 is 21.0. The SMILES string of the molecule is C.C.C.C.Cc1ccc(-c2nc(C)c(CCl)s2)cc1.Cc1ccc(-c2nc(C)c(COc3ccc([C@H](CC(=O)O)c4ccon4)cc3)s2)cc1.O=C(C[C@@H](c1ccc(O)cc1)c1ccon1)N1C(=O)OC[C@@H]1Cc1ccccc1.O=CO[O-].[Cs+].[Cs+].[H-]. The van der Waals surface area contributed by atoms with Crippen LogP contribution in [0.2, 0.25) is 0 Å². The van der Waals surface area contributed by atoms with E-state index < -0.39 is 18.0 Å². The zero-order valence-electron chi connectivity index (χ0n) is 46.4. The smallest absolute Gasteiger partial charge is 1.00 e. The van der Waals surface area contributed by atoms with E-state index in [0.29, 0.717) is 36.0 Å². The molecule has 0 unspecified atom stereocenters. The average molecular weight is 1460 g/mol. The number of aromatic nitrogens is 4. The quantitative estimate of drug-likeness (QED) is 0.0377. The van der Waals surface area contributed by atoms with Crippen LogP contribution in [0.5, 0.6) is 11.5 Å². The van der Waals surface area contributed by atoms with E-state index in [1.54, 1.807) is 59.1 Å². The van der Waals surface area contributed by atoms with Gasteiger partial charge in [0.15, 0.2) is 0 Å². The number of aromatic hydroxyl groups is 1. The first-order valence-corrected chi connectivity index (χ1v) is 26.8. The molecule has 1 aliphatic rings. The minimum Gasteiger partial charge on any atom is -1.00 e. The second kappa shape index (κ2) is 40.2. The Labute approximate surface area is 630 Å². The number of carboxylic acid groups (broad SMARTS) is 1. The maximum Gasteiger partial charge on any atom is 1.00 e. The maximum absolute atomic E-state index is 13.1. The van der Waals surface area contributed by atoms with Gasteiger partial charge in [0, 0.05) is 46.4 Å². The summed E-state index contributed by atoms with van der Waals surface area (Å²) in [6.45, 7) is 8.57. The maximum atomic E-state index is 13.1. The largest absolute Gasteiger partial charge is 1.00 e. The molecule has 2 amide bonds. The summed E-state index contributed by atoms with van der Waals surface area (Å²) in [5.74, 6) is -0.616. The Hall–Kier alpha value is -4.39. The Balaban J connectivity index is 0.00000123. The third kappa shape index (κ3) is 23.6. The Kier molecular flexibility index (Phi) is 37.2. The molecule has 3 atom stereocenters. The van der Waals surface area contributed by atoms with Crippen molar-refractivity contribution in [1.29, 1.82) is 0 Å². The number of carbonyl (C=O) groups is 4. The molecule has 442 valence electrons. The van der Waals surface area contributed by atoms with E-state index in [1.165, 1.54) is 34.1 Å². The number of amides is 2. The van der Waals surface area contributed by atoms with Crippen LogP contribution < -0.4 is 148 Å². The average Bonchev–Trinajstić information content (AvgIpc) is 3.07. The van der Waals surface area contributed by atoms with Crippen molar-refractivity contribution in [2.75, 3.05) is 6.61 Å². The zero-order valence-corrected chi connectivity index (χ0v) is 60.3. The van der Waals surface area contributed by atoms with E-state index in [1.807, 2.05) is 68.4 Å². The summed E-state index contributed by atoms with van der Waals surface area (Å²) in [5, 5.41) is 37.2. The Morgan fingerprint density at radius 2 is 1.19 bits per heavy atom. The van der Waals surface area contributed by atoms with Gasteiger partial charge in [0.25, 0.3) is 6.47 Å². The molecule has 0 radical (unpaired) electrons. The number of cyclic esters (lactones) is 1. The van der Waals surface area contributed by atoms with Gasteiger partial charge < -0.3 is 40.3 Å². The van der Waals surface area contributed by atoms with Gasteiger partial charge in [0.1, 0.15) is 47.3 Å². The van der Waals surface area contributed by atoms with Crippen LogP contribution in [0.25, 0.3) is 21.1 Å². The molecule has 17 nitrogen and oxygen atoms in total. The van der Waals surface area contributed by atoms with Crippen LogP contribution in [0, 0.1) is 27.7 Å². The molecule has 0 aliphatic carbocycles. The van der Waals surface area contributed by atoms with Crippen molar-refractivity contribution in [2.24, 2.45) is 0 Å². The first kappa shape index (κ1) is 78.6. The molecule has 1 fully saturated rings. The second-order valence-electron chi connectivity index (χ2n) is 18.0. The number of phenols is 1. The number of ether oxygens (including phenoxy) is 2. The number of aliphatic carboxylic acids is 1. The molecular formula is C63H72ClCs2N5O12S2. The van der Waals surface area contributed by atoms with Crippen LogP contribution in [0.1, 0.15) is 116 Å². The van der Waals surface area contributed by atoms with Gasteiger partial charge in [0.05, 0.1) is 46.0 Å². The molecule has 22 heteroatoms. The van der Waals surface area contributed by atoms with Crippen molar-refractivity contribution in [1.82, 2.24) is 25.2 Å². The fourth-order valence-electron chi connectivity index (χ4n) is 8.24. The Bertz CT molecular complexity index is 3360. The normalized spacial score (nSPS) is 12.3. The van der Waals surface area contributed by atoms with Gasteiger partial charge in [0.2, 0.25) is 5.91 Å². The number of rotatable bonds is 17. The van der Waals surface area contributed by atoms with Gasteiger partial charge in [-0.15, -0.1) is 34.3 Å². The van der Waals surface area contributed by atoms with Gasteiger partial charge >= 0.3 is 150 Å². The van der Waals surface area contributed by atoms with Crippen LogP contribution in [-0.4, -0.2) is 72.5 Å². The number of carboxylic acids is 1. The monoisotopic (exact) mass is 1460 g/mol. The number of carbonyl (C=O) groups excluding carboxylic acids is 3. The number of thiazole rings is 2. The van der Waals surface area contributed by atoms with E-state index in [2.05, 4.69) is 87.5 Å². The molecule has 10 rings (SSSR count). The van der Waals surface area contributed by atoms with Crippen LogP contribution >= 0.6 is 34.3 Å². The van der Waals surface area contributed by atoms with Crippen LogP contribution in [0.4, 0.5) is 4.79 Å². The number of halogens is 1. The van der Waals surface area contributed by atoms with Crippen molar-refractivity contribution in [2.45, 2.75) is 107 Å². The van der Waals surface area contributed by atoms with Crippen LogP contribution in [-0.2, 0) is 42.9 Å². The third-order valence-electron chi connectivity index (χ3n) is 12.4. The summed E-state index contributed by atoms with van der Waals surface area (Å²) >= 11 is 9.13. The van der Waals surface area contributed by atoms with E-state index in [4.69, 9.17) is 40.2 Å². The number of aryl methyl sites for hydroxylation is 4. The molecule has 4 aromatic heterocycles. The number of phenolic OH excluding ortho intramolecular Hbond substituents is 1. The summed E-state index contributed by atoms with van der Waals surface area (Å²) in [7, 11) is 0. The summed E-state index contributed by atoms with van der Waals surface area (Å²) in [4.78, 5) is 60.6. The van der Waals surface area contributed by atoms with Gasteiger partial charge in [-0.05, 0) is 75.1 Å². The third-order valence-corrected chi connectivity index (χ3v) is 15.2. The molecule has 5 heterocycles. The van der Waals surface area contributed by atoms with Gasteiger partial charge in [-0.2, -0.15) is 0 Å². The molecule has 0 saturated carbocycles. The predicted molar refractivity (Wildman–Crippen MR) is 323 cm³/mol. The number of hydrogen-bond donors (Lipinski definition) is 2. The van der Waals surface area contributed by atoms with E-state index >= 15 is 0 Å². The predicted octanol–water partition coefficient (Wildman–Crippen LogP) is 8.36. The fraction of sp³-hybridized carbons (Fsp3) is 0.270. The second-order valence-corrected chi connectivity index (χ2v) is 20.4. The summed E-state index contributed by atoms with van der Waals surface area (Å²) in [5.41, 5.74) is 10.6. The van der Waals surface area contributed by atoms with Crippen molar-refractivity contribution >= 4 is 58.7 Å². The zero-order chi connectivity index (χ0) is 56.3. The van der Waals surface area contributed by atoms with Gasteiger partial charge in [-0.25, -0.2) is 19.7 Å². The minimum absolute atomic E-state index is 0. The summed E-state index contributed by atoms with van der Waals surface area (Å²) in [6.07, 6.45) is 2.76. The van der Waals surface area contributed by atoms with Crippen molar-refractivity contribution in [3.63, 3.8) is 0 Å². The molecule has 5 aromatic carbocycles. The van der Waals surface area contributed by atoms with E-state index in [-0.39, 0.29) is 218 Å². The number of nitrogens with zero attached hydrogens (tertiary/aromatic N) is 5. The molecular weight excluding hydrogens is 1380 g/mol. The summed E-state index contributed by atoms with van der Waals surface area (Å²) in [6, 6.07) is 43.4. The number of hydrogen-bond acceptors (Lipinski definition) is 17. The van der Waals surface area contributed by atoms with Gasteiger partial charge in [-0.1, -0.05) is 154 Å². The molecule has 9 aromatic rings. The molecule has 1 aliphatic heterocycles. The van der Waals surface area contributed by atoms with E-state index in [9.17, 15) is 24.6 Å². The topological polar surface area (TPSA) is 241 Å². The van der Waals surface area contributed by atoms with Crippen LogP contribution in [0.3, 0.4) is 0 Å². The molecule has 2 N–H and O–H groups in total. The van der Waals surface area contributed by atoms with Crippen molar-refractivity contribution in [3.8, 4) is 32.6 Å². The molecule has 0 spiro atoms. The van der Waals surface area contributed by atoms with Gasteiger partial charge in [-0.3, -0.25) is 14.4 Å².